The van der Waals surface area contributed by atoms with Crippen LogP contribution in [0.25, 0.3) is 0 Å². The highest BCUT2D eigenvalue weighted by Crippen LogP contribution is 2.45. The van der Waals surface area contributed by atoms with Crippen molar-refractivity contribution in [2.45, 2.75) is 24.9 Å². The lowest BCUT2D eigenvalue weighted by Gasteiger charge is -2.35. The van der Waals surface area contributed by atoms with E-state index < -0.39 is 64.1 Å². The first kappa shape index (κ1) is 24.8. The average Bonchev–Trinajstić information content (AvgIpc) is 2.75. The third-order valence-electron chi connectivity index (χ3n) is 5.08. The summed E-state index contributed by atoms with van der Waals surface area (Å²) in [5, 5.41) is 6.32. The molecule has 1 aromatic carbocycles. The van der Waals surface area contributed by atoms with Crippen molar-refractivity contribution in [3.63, 3.8) is 0 Å². The van der Waals surface area contributed by atoms with Crippen LogP contribution in [0.1, 0.15) is 37.5 Å². The van der Waals surface area contributed by atoms with Gasteiger partial charge in [0.25, 0.3) is 11.8 Å². The molecule has 2 amide bonds. The molecule has 0 spiro atoms. The zero-order chi connectivity index (χ0) is 25.4. The number of carbonyl (C=O) groups excluding carboxylic acids is 2. The van der Waals surface area contributed by atoms with Crippen molar-refractivity contribution >= 4 is 11.8 Å². The third-order valence-corrected chi connectivity index (χ3v) is 5.08. The summed E-state index contributed by atoms with van der Waals surface area (Å²) in [6, 6.07) is 4.74. The van der Waals surface area contributed by atoms with E-state index in [2.05, 4.69) is 10.2 Å². The number of hydrogen-bond donors (Lipinski definition) is 2. The fourth-order valence-corrected chi connectivity index (χ4v) is 3.48. The number of carbonyl (C=O) groups is 2. The van der Waals surface area contributed by atoms with Crippen molar-refractivity contribution in [3.05, 3.63) is 76.0 Å². The summed E-state index contributed by atoms with van der Waals surface area (Å²) >= 11 is 0. The Morgan fingerprint density at radius 2 is 1.79 bits per heavy atom. The normalized spacial score (nSPS) is 20.4. The van der Waals surface area contributed by atoms with E-state index in [9.17, 15) is 27.2 Å². The van der Waals surface area contributed by atoms with Gasteiger partial charge in [-0.3, -0.25) is 9.59 Å². The lowest BCUT2D eigenvalue weighted by Crippen LogP contribution is -2.42. The Hall–Kier alpha value is -3.87. The Labute approximate surface area is 189 Å². The number of benzene rings is 1. The molecule has 8 nitrogen and oxygen atoms in total. The molecule has 0 aliphatic heterocycles. The van der Waals surface area contributed by atoms with Crippen LogP contribution < -0.4 is 16.2 Å². The number of methoxy groups -OCH3 is 1. The van der Waals surface area contributed by atoms with E-state index in [-0.39, 0.29) is 11.1 Å². The number of hydrogen-bond acceptors (Lipinski definition) is 6. The molecule has 0 saturated carbocycles. The Morgan fingerprint density at radius 3 is 2.35 bits per heavy atom. The fourth-order valence-electron chi connectivity index (χ4n) is 3.48. The van der Waals surface area contributed by atoms with Gasteiger partial charge in [-0.25, -0.2) is 8.78 Å². The molecular weight excluding hydrogens is 467 g/mol. The molecule has 1 heterocycles. The van der Waals surface area contributed by atoms with E-state index in [1.807, 2.05) is 0 Å². The Morgan fingerprint density at radius 1 is 1.12 bits per heavy atom. The third kappa shape index (κ3) is 4.21. The van der Waals surface area contributed by atoms with Gasteiger partial charge in [-0.1, -0.05) is 12.1 Å². The molecular formula is C21H17F5N4O4. The van der Waals surface area contributed by atoms with Gasteiger partial charge in [0.15, 0.2) is 11.8 Å². The Kier molecular flexibility index (Phi) is 6.42. The Bertz CT molecular complexity index is 1230. The maximum atomic E-state index is 16.2. The molecule has 1 aliphatic rings. The van der Waals surface area contributed by atoms with Crippen LogP contribution in [-0.4, -0.2) is 35.2 Å². The quantitative estimate of drug-likeness (QED) is 0.607. The van der Waals surface area contributed by atoms with Crippen molar-refractivity contribution in [3.8, 4) is 5.88 Å². The monoisotopic (exact) mass is 484 g/mol. The van der Waals surface area contributed by atoms with Gasteiger partial charge in [0, 0.05) is 12.7 Å². The summed E-state index contributed by atoms with van der Waals surface area (Å²) in [5.74, 6) is -4.77. The summed E-state index contributed by atoms with van der Waals surface area (Å²) < 4.78 is 81.0. The maximum absolute atomic E-state index is 16.2. The summed E-state index contributed by atoms with van der Waals surface area (Å²) in [5.41, 5.74) is 4.02. The van der Waals surface area contributed by atoms with Crippen LogP contribution in [0, 0.1) is 6.92 Å². The molecule has 2 aromatic rings. The number of rotatable bonds is 6. The van der Waals surface area contributed by atoms with Gasteiger partial charge in [0.2, 0.25) is 11.6 Å². The summed E-state index contributed by atoms with van der Waals surface area (Å²) in [7, 11) is 1.02. The molecule has 180 valence electrons. The van der Waals surface area contributed by atoms with Gasteiger partial charge in [-0.15, -0.1) is 10.2 Å². The van der Waals surface area contributed by atoms with E-state index in [1.165, 1.54) is 18.2 Å². The summed E-state index contributed by atoms with van der Waals surface area (Å²) in [6.45, 7) is 0.932. The van der Waals surface area contributed by atoms with Crippen LogP contribution >= 0.6 is 0 Å². The highest BCUT2D eigenvalue weighted by molar-refractivity contribution is 5.96. The van der Waals surface area contributed by atoms with Crippen molar-refractivity contribution in [1.29, 1.82) is 0 Å². The molecule has 2 atom stereocenters. The van der Waals surface area contributed by atoms with Crippen LogP contribution in [0.3, 0.4) is 0 Å². The van der Waals surface area contributed by atoms with E-state index in [1.54, 1.807) is 0 Å². The number of alkyl halides is 4. The maximum Gasteiger partial charge on any atom is 0.435 e. The van der Waals surface area contributed by atoms with Gasteiger partial charge < -0.3 is 20.9 Å². The minimum atomic E-state index is -4.94. The first-order valence-electron chi connectivity index (χ1n) is 9.44. The lowest BCUT2D eigenvalue weighted by atomic mass is 9.83. The van der Waals surface area contributed by atoms with Crippen LogP contribution in [0.4, 0.5) is 22.0 Å². The van der Waals surface area contributed by atoms with Gasteiger partial charge >= 0.3 is 6.18 Å². The molecule has 3 rings (SSSR count). The zero-order valence-corrected chi connectivity index (χ0v) is 17.6. The molecule has 13 heteroatoms. The minimum Gasteiger partial charge on any atom is -0.438 e. The smallest absolute Gasteiger partial charge is 0.435 e. The number of nitrogens with zero attached hydrogens (tertiary/aromatic N) is 2. The van der Waals surface area contributed by atoms with Crippen LogP contribution in [-0.2, 0) is 16.6 Å². The van der Waals surface area contributed by atoms with Crippen LogP contribution in [0.2, 0.25) is 0 Å². The molecule has 1 aromatic heterocycles. The summed E-state index contributed by atoms with van der Waals surface area (Å²) in [4.78, 5) is 23.4. The first-order chi connectivity index (χ1) is 15.8. The standard InChI is InChI=1S/C21H17F5N4O4/c1-9-14(18(28)32)19(30-29-15(9)21(24,25)26)34-12-6-7-13(22)20(23,16(12)33-2)11-5-3-4-10(8-11)17(27)31/h3-8,16H,1-2H3,(H2,27,31)(H2,28,32). The number of primary amides is 2. The van der Waals surface area contributed by atoms with Gasteiger partial charge in [0.1, 0.15) is 17.1 Å². The average molecular weight is 484 g/mol. The van der Waals surface area contributed by atoms with E-state index >= 15 is 4.39 Å². The second kappa shape index (κ2) is 8.82. The molecule has 1 aliphatic carbocycles. The van der Waals surface area contributed by atoms with Crippen molar-refractivity contribution in [2.75, 3.05) is 7.11 Å². The van der Waals surface area contributed by atoms with Crippen LogP contribution in [0.15, 0.2) is 48.0 Å². The molecule has 0 fully saturated rings. The van der Waals surface area contributed by atoms with Gasteiger partial charge in [-0.2, -0.15) is 13.2 Å². The largest absolute Gasteiger partial charge is 0.438 e. The number of allylic oxidation sites excluding steroid dienone is 2. The predicted molar refractivity (Wildman–Crippen MR) is 107 cm³/mol. The second-order valence-electron chi connectivity index (χ2n) is 7.17. The van der Waals surface area contributed by atoms with Gasteiger partial charge in [-0.05, 0) is 42.3 Å². The number of aromatic nitrogens is 2. The fraction of sp³-hybridized carbons (Fsp3) is 0.238. The highest BCUT2D eigenvalue weighted by atomic mass is 19.4. The SMILES string of the molecule is COC1C(Oc2nnc(C(F)(F)F)c(C)c2C(N)=O)=CC=C(F)C1(F)c1cccc(C(N)=O)c1. The van der Waals surface area contributed by atoms with Crippen LogP contribution in [0.5, 0.6) is 5.88 Å². The molecule has 0 bridgehead atoms. The molecule has 0 radical (unpaired) electrons. The number of ether oxygens (including phenoxy) is 2. The van der Waals surface area contributed by atoms with E-state index in [0.717, 1.165) is 26.2 Å². The van der Waals surface area contributed by atoms with E-state index in [0.29, 0.717) is 6.08 Å². The number of halogens is 5. The predicted octanol–water partition coefficient (Wildman–Crippen LogP) is 3.01. The summed E-state index contributed by atoms with van der Waals surface area (Å²) in [6.07, 6.45) is -5.16. The van der Waals surface area contributed by atoms with E-state index in [4.69, 9.17) is 20.9 Å². The van der Waals surface area contributed by atoms with Crippen molar-refractivity contribution in [1.82, 2.24) is 10.2 Å². The highest BCUT2D eigenvalue weighted by Gasteiger charge is 2.51. The second-order valence-corrected chi connectivity index (χ2v) is 7.17. The number of nitrogens with two attached hydrogens (primary N) is 2. The van der Waals surface area contributed by atoms with Crippen molar-refractivity contribution < 1.29 is 41.0 Å². The Balaban J connectivity index is 2.10. The molecule has 4 N–H and O–H groups in total. The lowest BCUT2D eigenvalue weighted by molar-refractivity contribution is -0.142. The minimum absolute atomic E-state index is 0.116. The molecule has 34 heavy (non-hydrogen) atoms. The first-order valence-corrected chi connectivity index (χ1v) is 9.44. The van der Waals surface area contributed by atoms with Gasteiger partial charge in [0.05, 0.1) is 0 Å². The molecule has 2 unspecified atom stereocenters. The topological polar surface area (TPSA) is 130 Å². The zero-order valence-electron chi connectivity index (χ0n) is 17.6. The number of amides is 2. The molecule has 0 saturated heterocycles. The van der Waals surface area contributed by atoms with Crippen molar-refractivity contribution in [2.24, 2.45) is 11.5 Å².